The smallest absolute Gasteiger partial charge is 0.0470 e. The number of hydrogen-bond donors (Lipinski definition) is 1. The maximum Gasteiger partial charge on any atom is 0.0470 e. The first-order chi connectivity index (χ1) is 9.76. The van der Waals surface area contributed by atoms with E-state index in [1.807, 2.05) is 0 Å². The molecule has 1 rings (SSSR count). The first kappa shape index (κ1) is 17.5. The van der Waals surface area contributed by atoms with Crippen molar-refractivity contribution in [3.63, 3.8) is 0 Å². The van der Waals surface area contributed by atoms with E-state index in [-0.39, 0.29) is 0 Å². The van der Waals surface area contributed by atoms with Crippen molar-refractivity contribution >= 4 is 11.8 Å². The SMILES string of the molecule is CCCCN(CCCC)C(CN)c1ccc(SC)cc1. The summed E-state index contributed by atoms with van der Waals surface area (Å²) in [6, 6.07) is 9.27. The summed E-state index contributed by atoms with van der Waals surface area (Å²) in [6.45, 7) is 7.52. The number of nitrogens with two attached hydrogens (primary N) is 1. The molecule has 0 bridgehead atoms. The fourth-order valence-corrected chi connectivity index (χ4v) is 2.88. The zero-order valence-corrected chi connectivity index (χ0v) is 14.1. The third-order valence-corrected chi connectivity index (χ3v) is 4.51. The molecule has 1 aromatic carbocycles. The molecule has 1 unspecified atom stereocenters. The fourth-order valence-electron chi connectivity index (χ4n) is 2.47. The van der Waals surface area contributed by atoms with Crippen LogP contribution < -0.4 is 5.73 Å². The molecule has 1 aromatic rings. The summed E-state index contributed by atoms with van der Waals surface area (Å²) in [5.74, 6) is 0. The first-order valence-electron chi connectivity index (χ1n) is 7.84. The van der Waals surface area contributed by atoms with Crippen LogP contribution in [0.3, 0.4) is 0 Å². The molecule has 2 N–H and O–H groups in total. The molecule has 114 valence electrons. The number of thioether (sulfide) groups is 1. The number of rotatable bonds is 10. The van der Waals surface area contributed by atoms with Crippen LogP contribution in [0.25, 0.3) is 0 Å². The van der Waals surface area contributed by atoms with Crippen molar-refractivity contribution in [1.29, 1.82) is 0 Å². The highest BCUT2D eigenvalue weighted by molar-refractivity contribution is 7.98. The molecular formula is C17H30N2S. The Morgan fingerprint density at radius 2 is 1.60 bits per heavy atom. The quantitative estimate of drug-likeness (QED) is 0.652. The Hall–Kier alpha value is -0.510. The summed E-state index contributed by atoms with van der Waals surface area (Å²) in [5.41, 5.74) is 7.43. The molecule has 3 heteroatoms. The third kappa shape index (κ3) is 5.47. The van der Waals surface area contributed by atoms with Gasteiger partial charge in [0.1, 0.15) is 0 Å². The monoisotopic (exact) mass is 294 g/mol. The van der Waals surface area contributed by atoms with Crippen molar-refractivity contribution in [2.75, 3.05) is 25.9 Å². The fraction of sp³-hybridized carbons (Fsp3) is 0.647. The molecule has 0 saturated heterocycles. The lowest BCUT2D eigenvalue weighted by molar-refractivity contribution is 0.195. The van der Waals surface area contributed by atoms with Crippen LogP contribution in [0.4, 0.5) is 0 Å². The van der Waals surface area contributed by atoms with Gasteiger partial charge in [0.05, 0.1) is 0 Å². The summed E-state index contributed by atoms with van der Waals surface area (Å²) in [4.78, 5) is 3.89. The molecule has 0 aromatic heterocycles. The van der Waals surface area contributed by atoms with Gasteiger partial charge in [0.25, 0.3) is 0 Å². The summed E-state index contributed by atoms with van der Waals surface area (Å²) >= 11 is 1.79. The second kappa shape index (κ2) is 10.3. The minimum Gasteiger partial charge on any atom is -0.329 e. The lowest BCUT2D eigenvalue weighted by Gasteiger charge is -2.31. The molecule has 0 aliphatic rings. The van der Waals surface area contributed by atoms with Gasteiger partial charge >= 0.3 is 0 Å². The van der Waals surface area contributed by atoms with Crippen LogP contribution in [0.1, 0.15) is 51.1 Å². The van der Waals surface area contributed by atoms with Crippen molar-refractivity contribution in [2.45, 2.75) is 50.5 Å². The van der Waals surface area contributed by atoms with E-state index in [4.69, 9.17) is 5.73 Å². The van der Waals surface area contributed by atoms with Gasteiger partial charge in [0.2, 0.25) is 0 Å². The van der Waals surface area contributed by atoms with E-state index in [1.165, 1.54) is 36.1 Å². The third-order valence-electron chi connectivity index (χ3n) is 3.76. The Morgan fingerprint density at radius 3 is 2.00 bits per heavy atom. The standard InChI is InChI=1S/C17H30N2S/c1-4-6-12-19(13-7-5-2)17(14-18)15-8-10-16(20-3)11-9-15/h8-11,17H,4-7,12-14,18H2,1-3H3. The van der Waals surface area contributed by atoms with Crippen molar-refractivity contribution in [3.8, 4) is 0 Å². The van der Waals surface area contributed by atoms with Crippen LogP contribution in [0, 0.1) is 0 Å². The lowest BCUT2D eigenvalue weighted by Crippen LogP contribution is -2.35. The predicted molar refractivity (Wildman–Crippen MR) is 91.4 cm³/mol. The van der Waals surface area contributed by atoms with Crippen molar-refractivity contribution in [3.05, 3.63) is 29.8 Å². The van der Waals surface area contributed by atoms with Crippen LogP contribution in [-0.4, -0.2) is 30.8 Å². The molecular weight excluding hydrogens is 264 g/mol. The normalized spacial score (nSPS) is 12.8. The Kier molecular flexibility index (Phi) is 8.99. The van der Waals surface area contributed by atoms with Crippen LogP contribution in [0.2, 0.25) is 0 Å². The van der Waals surface area contributed by atoms with Crippen molar-refractivity contribution < 1.29 is 0 Å². The second-order valence-electron chi connectivity index (χ2n) is 5.27. The number of unbranched alkanes of at least 4 members (excludes halogenated alkanes) is 2. The Bertz CT molecular complexity index is 343. The lowest BCUT2D eigenvalue weighted by atomic mass is 10.0. The Morgan fingerprint density at radius 1 is 1.05 bits per heavy atom. The first-order valence-corrected chi connectivity index (χ1v) is 9.07. The van der Waals surface area contributed by atoms with Gasteiger partial charge in [0.15, 0.2) is 0 Å². The summed E-state index contributed by atoms with van der Waals surface area (Å²) in [6.07, 6.45) is 7.10. The van der Waals surface area contributed by atoms with Crippen molar-refractivity contribution in [2.24, 2.45) is 5.73 Å². The largest absolute Gasteiger partial charge is 0.329 e. The number of hydrogen-bond acceptors (Lipinski definition) is 3. The molecule has 0 aliphatic heterocycles. The number of benzene rings is 1. The molecule has 0 saturated carbocycles. The molecule has 0 heterocycles. The van der Waals surface area contributed by atoms with Crippen LogP contribution in [-0.2, 0) is 0 Å². The van der Waals surface area contributed by atoms with Crippen LogP contribution in [0.15, 0.2) is 29.2 Å². The topological polar surface area (TPSA) is 29.3 Å². The van der Waals surface area contributed by atoms with E-state index in [2.05, 4.69) is 49.3 Å². The summed E-state index contributed by atoms with van der Waals surface area (Å²) in [7, 11) is 0. The minimum atomic E-state index is 0.365. The predicted octanol–water partition coefficient (Wildman–Crippen LogP) is 4.31. The molecule has 0 fully saturated rings. The molecule has 2 nitrogen and oxygen atoms in total. The highest BCUT2D eigenvalue weighted by Gasteiger charge is 2.18. The van der Waals surface area contributed by atoms with E-state index in [0.717, 1.165) is 13.1 Å². The van der Waals surface area contributed by atoms with Gasteiger partial charge < -0.3 is 5.73 Å². The molecule has 20 heavy (non-hydrogen) atoms. The molecule has 0 amide bonds. The second-order valence-corrected chi connectivity index (χ2v) is 6.15. The summed E-state index contributed by atoms with van der Waals surface area (Å²) in [5, 5.41) is 0. The van der Waals surface area contributed by atoms with Gasteiger partial charge in [-0.05, 0) is 49.9 Å². The van der Waals surface area contributed by atoms with Gasteiger partial charge in [-0.25, -0.2) is 0 Å². The highest BCUT2D eigenvalue weighted by atomic mass is 32.2. The Labute approximate surface area is 129 Å². The molecule has 0 radical (unpaired) electrons. The van der Waals surface area contributed by atoms with Crippen LogP contribution >= 0.6 is 11.8 Å². The van der Waals surface area contributed by atoms with Crippen molar-refractivity contribution in [1.82, 2.24) is 4.90 Å². The van der Waals surface area contributed by atoms with Gasteiger partial charge in [-0.3, -0.25) is 4.90 Å². The van der Waals surface area contributed by atoms with Gasteiger partial charge in [-0.1, -0.05) is 38.8 Å². The molecule has 0 spiro atoms. The highest BCUT2D eigenvalue weighted by Crippen LogP contribution is 2.23. The van der Waals surface area contributed by atoms with E-state index in [1.54, 1.807) is 11.8 Å². The zero-order valence-electron chi connectivity index (χ0n) is 13.3. The van der Waals surface area contributed by atoms with E-state index in [9.17, 15) is 0 Å². The van der Waals surface area contributed by atoms with E-state index >= 15 is 0 Å². The molecule has 1 atom stereocenters. The minimum absolute atomic E-state index is 0.365. The van der Waals surface area contributed by atoms with E-state index in [0.29, 0.717) is 12.6 Å². The zero-order chi connectivity index (χ0) is 14.8. The van der Waals surface area contributed by atoms with Crippen LogP contribution in [0.5, 0.6) is 0 Å². The van der Waals surface area contributed by atoms with Gasteiger partial charge in [0, 0.05) is 17.5 Å². The summed E-state index contributed by atoms with van der Waals surface area (Å²) < 4.78 is 0. The molecule has 0 aliphatic carbocycles. The number of nitrogens with zero attached hydrogens (tertiary/aromatic N) is 1. The average Bonchev–Trinajstić information content (AvgIpc) is 2.50. The average molecular weight is 295 g/mol. The van der Waals surface area contributed by atoms with E-state index < -0.39 is 0 Å². The van der Waals surface area contributed by atoms with Gasteiger partial charge in [-0.2, -0.15) is 0 Å². The van der Waals surface area contributed by atoms with Gasteiger partial charge in [-0.15, -0.1) is 11.8 Å². The Balaban J connectivity index is 2.80. The maximum atomic E-state index is 6.07. The maximum absolute atomic E-state index is 6.07.